The fourth-order valence-corrected chi connectivity index (χ4v) is 6.49. The molecule has 2 aliphatic carbocycles. The van der Waals surface area contributed by atoms with Gasteiger partial charge in [0.15, 0.2) is 0 Å². The summed E-state index contributed by atoms with van der Waals surface area (Å²) in [6, 6.07) is 10.4. The summed E-state index contributed by atoms with van der Waals surface area (Å²) in [5.41, 5.74) is 2.08. The fourth-order valence-electron chi connectivity index (χ4n) is 6.49. The van der Waals surface area contributed by atoms with Crippen molar-refractivity contribution in [2.24, 2.45) is 17.8 Å². The Labute approximate surface area is 229 Å². The Morgan fingerprint density at radius 1 is 1.05 bits per heavy atom. The van der Waals surface area contributed by atoms with E-state index in [0.29, 0.717) is 43.1 Å². The van der Waals surface area contributed by atoms with Crippen LogP contribution in [0.4, 0.5) is 14.5 Å². The van der Waals surface area contributed by atoms with E-state index in [2.05, 4.69) is 35.8 Å². The second kappa shape index (κ2) is 11.7. The molecule has 5 rings (SSSR count). The van der Waals surface area contributed by atoms with Crippen molar-refractivity contribution in [1.82, 2.24) is 10.2 Å². The van der Waals surface area contributed by atoms with E-state index in [-0.39, 0.29) is 23.3 Å². The molecule has 0 bridgehead atoms. The molecule has 2 fully saturated rings. The zero-order valence-corrected chi connectivity index (χ0v) is 22.6. The molecule has 0 aromatic heterocycles. The molecular weight excluding hydrogens is 496 g/mol. The molecule has 39 heavy (non-hydrogen) atoms. The van der Waals surface area contributed by atoms with Gasteiger partial charge in [-0.05, 0) is 87.3 Å². The highest BCUT2D eigenvalue weighted by molar-refractivity contribution is 5.98. The van der Waals surface area contributed by atoms with E-state index in [1.165, 1.54) is 24.6 Å². The lowest BCUT2D eigenvalue weighted by Crippen LogP contribution is -2.55. The molecule has 1 aliphatic heterocycles. The highest BCUT2D eigenvalue weighted by Gasteiger charge is 2.43. The third kappa shape index (κ3) is 6.07. The minimum Gasteiger partial charge on any atom is -0.383 e. The Kier molecular flexibility index (Phi) is 8.15. The van der Waals surface area contributed by atoms with E-state index < -0.39 is 23.6 Å². The van der Waals surface area contributed by atoms with Crippen LogP contribution in [0.15, 0.2) is 66.4 Å². The molecule has 0 radical (unpaired) electrons. The van der Waals surface area contributed by atoms with Gasteiger partial charge in [-0.3, -0.25) is 9.59 Å². The number of amides is 2. The number of nitrogens with zero attached hydrogens (tertiary/aromatic N) is 1. The van der Waals surface area contributed by atoms with Gasteiger partial charge in [0, 0.05) is 29.9 Å². The first-order valence-corrected chi connectivity index (χ1v) is 14.1. The van der Waals surface area contributed by atoms with Gasteiger partial charge < -0.3 is 15.5 Å². The predicted molar refractivity (Wildman–Crippen MR) is 149 cm³/mol. The van der Waals surface area contributed by atoms with Gasteiger partial charge in [-0.2, -0.15) is 0 Å². The Morgan fingerprint density at radius 3 is 2.56 bits per heavy atom. The molecule has 2 N–H and O–H groups in total. The number of hydrogen-bond acceptors (Lipinski definition) is 3. The van der Waals surface area contributed by atoms with Crippen molar-refractivity contribution in [1.29, 1.82) is 0 Å². The molecule has 1 saturated carbocycles. The lowest BCUT2D eigenvalue weighted by Gasteiger charge is -2.44. The number of benzene rings is 2. The molecule has 5 nitrogen and oxygen atoms in total. The molecule has 1 saturated heterocycles. The van der Waals surface area contributed by atoms with Crippen LogP contribution in [0.3, 0.4) is 0 Å². The minimum atomic E-state index is -0.554. The van der Waals surface area contributed by atoms with Crippen molar-refractivity contribution in [2.75, 3.05) is 11.9 Å². The van der Waals surface area contributed by atoms with Crippen molar-refractivity contribution >= 4 is 17.5 Å². The van der Waals surface area contributed by atoms with Crippen molar-refractivity contribution in [2.45, 2.75) is 64.5 Å². The third-order valence-electron chi connectivity index (χ3n) is 8.45. The SMILES string of the molecule is Cc1cccc(F)c1C(=O)N1CCC[C@H](C(=O)Nc2cccc(F)c2)[C@@H]1C1C=CC(NC2CC[C@@H](C)C2)=CC1. The van der Waals surface area contributed by atoms with Crippen LogP contribution >= 0.6 is 0 Å². The summed E-state index contributed by atoms with van der Waals surface area (Å²) in [5, 5.41) is 6.51. The zero-order chi connectivity index (χ0) is 27.5. The third-order valence-corrected chi connectivity index (χ3v) is 8.45. The maximum Gasteiger partial charge on any atom is 0.257 e. The van der Waals surface area contributed by atoms with Crippen LogP contribution in [-0.4, -0.2) is 35.3 Å². The molecule has 0 spiro atoms. The fraction of sp³-hybridized carbons (Fsp3) is 0.438. The summed E-state index contributed by atoms with van der Waals surface area (Å²) in [6.07, 6.45) is 11.7. The molecule has 2 amide bonds. The van der Waals surface area contributed by atoms with Crippen molar-refractivity contribution in [3.05, 3.63) is 89.2 Å². The second-order valence-corrected chi connectivity index (χ2v) is 11.3. The van der Waals surface area contributed by atoms with E-state index in [9.17, 15) is 18.4 Å². The lowest BCUT2D eigenvalue weighted by molar-refractivity contribution is -0.123. The number of allylic oxidation sites excluding steroid dienone is 2. The topological polar surface area (TPSA) is 61.4 Å². The molecule has 1 heterocycles. The number of rotatable bonds is 6. The van der Waals surface area contributed by atoms with Gasteiger partial charge in [0.05, 0.1) is 17.5 Å². The van der Waals surface area contributed by atoms with Crippen LogP contribution < -0.4 is 10.6 Å². The normalized spacial score (nSPS) is 26.7. The number of aryl methyl sites for hydroxylation is 1. The molecule has 2 unspecified atom stereocenters. The van der Waals surface area contributed by atoms with E-state index >= 15 is 0 Å². The average Bonchev–Trinajstić information content (AvgIpc) is 3.32. The first-order valence-electron chi connectivity index (χ1n) is 14.1. The Balaban J connectivity index is 1.41. The van der Waals surface area contributed by atoms with Gasteiger partial charge in [-0.15, -0.1) is 0 Å². The average molecular weight is 534 g/mol. The van der Waals surface area contributed by atoms with Gasteiger partial charge in [0.2, 0.25) is 5.91 Å². The lowest BCUT2D eigenvalue weighted by atomic mass is 9.77. The summed E-state index contributed by atoms with van der Waals surface area (Å²) < 4.78 is 28.7. The van der Waals surface area contributed by atoms with Gasteiger partial charge in [0.25, 0.3) is 5.91 Å². The molecule has 7 heteroatoms. The summed E-state index contributed by atoms with van der Waals surface area (Å²) in [4.78, 5) is 29.1. The number of anilines is 1. The van der Waals surface area contributed by atoms with Gasteiger partial charge in [-0.1, -0.05) is 37.3 Å². The smallest absolute Gasteiger partial charge is 0.257 e. The number of likely N-dealkylation sites (tertiary alicyclic amines) is 1. The highest BCUT2D eigenvalue weighted by atomic mass is 19.1. The summed E-state index contributed by atoms with van der Waals surface area (Å²) in [6.45, 7) is 4.46. The molecule has 2 aromatic rings. The molecule has 5 atom stereocenters. The van der Waals surface area contributed by atoms with Crippen LogP contribution in [0.5, 0.6) is 0 Å². The first kappa shape index (κ1) is 27.1. The quantitative estimate of drug-likeness (QED) is 0.454. The summed E-state index contributed by atoms with van der Waals surface area (Å²) in [7, 11) is 0. The van der Waals surface area contributed by atoms with Crippen LogP contribution in [0.25, 0.3) is 0 Å². The van der Waals surface area contributed by atoms with Crippen LogP contribution in [-0.2, 0) is 4.79 Å². The molecule has 2 aromatic carbocycles. The van der Waals surface area contributed by atoms with Crippen LogP contribution in [0, 0.1) is 36.3 Å². The van der Waals surface area contributed by atoms with Crippen LogP contribution in [0.2, 0.25) is 0 Å². The van der Waals surface area contributed by atoms with Crippen molar-refractivity contribution in [3.8, 4) is 0 Å². The van der Waals surface area contributed by atoms with Crippen LogP contribution in [0.1, 0.15) is 61.4 Å². The Hall–Kier alpha value is -3.48. The molecular formula is C32H37F2N3O2. The van der Waals surface area contributed by atoms with Gasteiger partial charge in [0.1, 0.15) is 11.6 Å². The van der Waals surface area contributed by atoms with E-state index in [0.717, 1.165) is 24.5 Å². The van der Waals surface area contributed by atoms with E-state index in [1.54, 1.807) is 36.1 Å². The number of piperidine rings is 1. The summed E-state index contributed by atoms with van der Waals surface area (Å²) >= 11 is 0. The monoisotopic (exact) mass is 533 g/mol. The van der Waals surface area contributed by atoms with Gasteiger partial charge >= 0.3 is 0 Å². The first-order chi connectivity index (χ1) is 18.8. The second-order valence-electron chi connectivity index (χ2n) is 11.3. The number of carbonyl (C=O) groups excluding carboxylic acids is 2. The standard InChI is InChI=1S/C32H37F2N3O2/c1-20-11-14-26(18-20)35-24-15-12-22(13-16-24)30-27(31(38)36-25-8-4-7-23(33)19-25)9-5-17-37(30)32(39)29-21(2)6-3-10-28(29)34/h3-4,6-8,10,12,15-16,19-20,22,26-27,30,35H,5,9,11,13-14,17-18H2,1-2H3,(H,36,38)/t20-,22?,26?,27+,30+/m1/s1. The largest absolute Gasteiger partial charge is 0.383 e. The molecule has 3 aliphatic rings. The summed E-state index contributed by atoms with van der Waals surface area (Å²) in [5.74, 6) is -1.54. The Morgan fingerprint density at radius 2 is 1.87 bits per heavy atom. The van der Waals surface area contributed by atoms with Crippen molar-refractivity contribution in [3.63, 3.8) is 0 Å². The maximum atomic E-state index is 14.9. The highest BCUT2D eigenvalue weighted by Crippen LogP contribution is 2.36. The van der Waals surface area contributed by atoms with Crippen molar-refractivity contribution < 1.29 is 18.4 Å². The van der Waals surface area contributed by atoms with E-state index in [4.69, 9.17) is 0 Å². The minimum absolute atomic E-state index is 0.0572. The van der Waals surface area contributed by atoms with E-state index in [1.807, 2.05) is 0 Å². The number of halogens is 2. The molecule has 206 valence electrons. The number of hydrogen-bond donors (Lipinski definition) is 2. The van der Waals surface area contributed by atoms with Gasteiger partial charge in [-0.25, -0.2) is 8.78 Å². The number of nitrogens with one attached hydrogen (secondary N) is 2. The predicted octanol–water partition coefficient (Wildman–Crippen LogP) is 6.37. The maximum absolute atomic E-state index is 14.9. The number of carbonyl (C=O) groups is 2. The Bertz CT molecular complexity index is 1270. The zero-order valence-electron chi connectivity index (χ0n) is 22.6.